The molecule has 104 valence electrons. The van der Waals surface area contributed by atoms with Crippen LogP contribution in [0.1, 0.15) is 23.8 Å². The molecule has 3 rings (SSSR count). The predicted molar refractivity (Wildman–Crippen MR) is 75.4 cm³/mol. The van der Waals surface area contributed by atoms with Crippen LogP contribution < -0.4 is 0 Å². The second-order valence-corrected chi connectivity index (χ2v) is 5.64. The molecule has 1 aromatic carbocycles. The zero-order valence-electron chi connectivity index (χ0n) is 10.9. The highest BCUT2D eigenvalue weighted by Gasteiger charge is 2.30. The molecule has 5 nitrogen and oxygen atoms in total. The lowest BCUT2D eigenvalue weighted by Gasteiger charge is -2.17. The Labute approximate surface area is 124 Å². The van der Waals surface area contributed by atoms with Crippen LogP contribution in [0.2, 0.25) is 0 Å². The van der Waals surface area contributed by atoms with Gasteiger partial charge in [-0.05, 0) is 24.6 Å². The van der Waals surface area contributed by atoms with Crippen molar-refractivity contribution in [2.45, 2.75) is 19.3 Å². The third kappa shape index (κ3) is 2.53. The minimum absolute atomic E-state index is 0.0921. The highest BCUT2D eigenvalue weighted by molar-refractivity contribution is 9.10. The van der Waals surface area contributed by atoms with Crippen molar-refractivity contribution in [1.82, 2.24) is 10.1 Å². The number of carbonyl (C=O) groups excluding carboxylic acids is 1. The topological polar surface area (TPSA) is 65.2 Å². The summed E-state index contributed by atoms with van der Waals surface area (Å²) >= 11 is 3.49. The lowest BCUT2D eigenvalue weighted by Crippen LogP contribution is -2.25. The Morgan fingerprint density at radius 3 is 3.00 bits per heavy atom. The lowest BCUT2D eigenvalue weighted by atomic mass is 10.0. The fourth-order valence-electron chi connectivity index (χ4n) is 2.14. The average molecular weight is 337 g/mol. The first-order valence-electron chi connectivity index (χ1n) is 6.36. The van der Waals surface area contributed by atoms with Crippen LogP contribution in [0.3, 0.4) is 0 Å². The molecule has 1 aliphatic rings. The number of aromatic nitrogens is 2. The zero-order valence-corrected chi connectivity index (χ0v) is 12.5. The molecule has 0 N–H and O–H groups in total. The summed E-state index contributed by atoms with van der Waals surface area (Å²) in [6, 6.07) is 5.89. The van der Waals surface area contributed by atoms with Gasteiger partial charge in [-0.2, -0.15) is 4.98 Å². The van der Waals surface area contributed by atoms with Gasteiger partial charge in [0.05, 0.1) is 13.2 Å². The number of rotatable bonds is 2. The van der Waals surface area contributed by atoms with E-state index in [0.717, 1.165) is 15.6 Å². The van der Waals surface area contributed by atoms with Gasteiger partial charge in [-0.1, -0.05) is 27.2 Å². The van der Waals surface area contributed by atoms with Crippen molar-refractivity contribution in [3.05, 3.63) is 34.1 Å². The first kappa shape index (κ1) is 13.5. The van der Waals surface area contributed by atoms with E-state index in [1.54, 1.807) is 0 Å². The first-order chi connectivity index (χ1) is 9.65. The van der Waals surface area contributed by atoms with Gasteiger partial charge in [0.15, 0.2) is 0 Å². The molecule has 1 aromatic heterocycles. The maximum absolute atomic E-state index is 11.8. The standard InChI is InChI=1S/C14H13BrN2O3/c1-8-2-3-9(11(15)6-8)13-16-14(20-17-13)10-7-19-5-4-12(10)18/h2-3,6,10H,4-5,7H2,1H3. The van der Waals surface area contributed by atoms with Gasteiger partial charge < -0.3 is 9.26 Å². The van der Waals surface area contributed by atoms with Gasteiger partial charge in [-0.3, -0.25) is 4.79 Å². The second kappa shape index (κ2) is 5.46. The van der Waals surface area contributed by atoms with Crippen LogP contribution in [0.4, 0.5) is 0 Å². The summed E-state index contributed by atoms with van der Waals surface area (Å²) in [5.41, 5.74) is 1.98. The van der Waals surface area contributed by atoms with E-state index in [9.17, 15) is 4.79 Å². The van der Waals surface area contributed by atoms with E-state index in [1.165, 1.54) is 0 Å². The minimum Gasteiger partial charge on any atom is -0.380 e. The smallest absolute Gasteiger partial charge is 0.239 e. The molecule has 0 spiro atoms. The van der Waals surface area contributed by atoms with E-state index >= 15 is 0 Å². The minimum atomic E-state index is -0.436. The molecule has 1 saturated heterocycles. The number of aryl methyl sites for hydroxylation is 1. The van der Waals surface area contributed by atoms with Gasteiger partial charge in [0.1, 0.15) is 11.7 Å². The third-order valence-corrected chi connectivity index (χ3v) is 3.93. The van der Waals surface area contributed by atoms with Gasteiger partial charge in [-0.25, -0.2) is 0 Å². The van der Waals surface area contributed by atoms with E-state index in [0.29, 0.717) is 31.3 Å². The molecule has 0 aliphatic carbocycles. The normalized spacial score (nSPS) is 19.3. The molecule has 0 saturated carbocycles. The Balaban J connectivity index is 1.91. The zero-order chi connectivity index (χ0) is 14.1. The van der Waals surface area contributed by atoms with Gasteiger partial charge in [0, 0.05) is 16.5 Å². The maximum Gasteiger partial charge on any atom is 0.239 e. The molecular weight excluding hydrogens is 324 g/mol. The Hall–Kier alpha value is -1.53. The number of carbonyl (C=O) groups is 1. The molecule has 0 bridgehead atoms. The van der Waals surface area contributed by atoms with Crippen molar-refractivity contribution >= 4 is 21.7 Å². The van der Waals surface area contributed by atoms with Crippen molar-refractivity contribution < 1.29 is 14.1 Å². The van der Waals surface area contributed by atoms with Gasteiger partial charge in [-0.15, -0.1) is 0 Å². The fraction of sp³-hybridized carbons (Fsp3) is 0.357. The molecule has 0 radical (unpaired) electrons. The number of ketones is 1. The number of ether oxygens (including phenoxy) is 1. The molecule has 1 atom stereocenters. The van der Waals surface area contributed by atoms with Gasteiger partial charge in [0.25, 0.3) is 0 Å². The summed E-state index contributed by atoms with van der Waals surface area (Å²) in [4.78, 5) is 16.2. The molecule has 2 heterocycles. The molecular formula is C14H13BrN2O3. The van der Waals surface area contributed by atoms with Crippen LogP contribution in [0.5, 0.6) is 0 Å². The largest absolute Gasteiger partial charge is 0.380 e. The third-order valence-electron chi connectivity index (χ3n) is 3.27. The van der Waals surface area contributed by atoms with E-state index in [4.69, 9.17) is 9.26 Å². The number of benzene rings is 1. The summed E-state index contributed by atoms with van der Waals surface area (Å²) < 4.78 is 11.4. The van der Waals surface area contributed by atoms with Crippen LogP contribution in [0.15, 0.2) is 27.2 Å². The Bertz CT molecular complexity index is 654. The van der Waals surface area contributed by atoms with Crippen LogP contribution in [-0.2, 0) is 9.53 Å². The van der Waals surface area contributed by atoms with Gasteiger partial charge >= 0.3 is 0 Å². The van der Waals surface area contributed by atoms with E-state index in [2.05, 4.69) is 26.1 Å². The van der Waals surface area contributed by atoms with Crippen LogP contribution in [0.25, 0.3) is 11.4 Å². The molecule has 1 fully saturated rings. The van der Waals surface area contributed by atoms with Crippen molar-refractivity contribution in [2.24, 2.45) is 0 Å². The summed E-state index contributed by atoms with van der Waals surface area (Å²) in [6.45, 7) is 2.80. The van der Waals surface area contributed by atoms with Crippen LogP contribution in [-0.4, -0.2) is 29.1 Å². The maximum atomic E-state index is 11.8. The number of hydrogen-bond acceptors (Lipinski definition) is 5. The number of halogens is 1. The quantitative estimate of drug-likeness (QED) is 0.843. The highest BCUT2D eigenvalue weighted by atomic mass is 79.9. The Kier molecular flexibility index (Phi) is 3.67. The van der Waals surface area contributed by atoms with Gasteiger partial charge in [0.2, 0.25) is 11.7 Å². The Morgan fingerprint density at radius 2 is 2.25 bits per heavy atom. The van der Waals surface area contributed by atoms with Crippen LogP contribution in [0, 0.1) is 6.92 Å². The van der Waals surface area contributed by atoms with E-state index in [-0.39, 0.29) is 5.78 Å². The SMILES string of the molecule is Cc1ccc(-c2noc(C3COCCC3=O)n2)c(Br)c1. The summed E-state index contributed by atoms with van der Waals surface area (Å²) in [6.07, 6.45) is 0.399. The predicted octanol–water partition coefficient (Wildman–Crippen LogP) is 2.88. The highest BCUT2D eigenvalue weighted by Crippen LogP contribution is 2.29. The van der Waals surface area contributed by atoms with Crippen molar-refractivity contribution in [3.63, 3.8) is 0 Å². The van der Waals surface area contributed by atoms with E-state index < -0.39 is 5.92 Å². The number of nitrogens with zero attached hydrogens (tertiary/aromatic N) is 2. The van der Waals surface area contributed by atoms with Crippen molar-refractivity contribution in [3.8, 4) is 11.4 Å². The molecule has 2 aromatic rings. The molecule has 6 heteroatoms. The molecule has 1 aliphatic heterocycles. The molecule has 20 heavy (non-hydrogen) atoms. The summed E-state index contributed by atoms with van der Waals surface area (Å²) in [5.74, 6) is 0.464. The molecule has 0 amide bonds. The van der Waals surface area contributed by atoms with E-state index in [1.807, 2.05) is 25.1 Å². The lowest BCUT2D eigenvalue weighted by molar-refractivity contribution is -0.127. The number of Topliss-reactive ketones (excluding diaryl/α,β-unsaturated/α-hetero) is 1. The van der Waals surface area contributed by atoms with Crippen LogP contribution >= 0.6 is 15.9 Å². The summed E-state index contributed by atoms with van der Waals surface area (Å²) in [7, 11) is 0. The molecule has 1 unspecified atom stereocenters. The Morgan fingerprint density at radius 1 is 1.40 bits per heavy atom. The summed E-state index contributed by atoms with van der Waals surface area (Å²) in [5, 5.41) is 3.96. The second-order valence-electron chi connectivity index (χ2n) is 4.78. The average Bonchev–Trinajstić information content (AvgIpc) is 2.88. The number of hydrogen-bond donors (Lipinski definition) is 0. The first-order valence-corrected chi connectivity index (χ1v) is 7.15. The monoisotopic (exact) mass is 336 g/mol. The van der Waals surface area contributed by atoms with Crippen molar-refractivity contribution in [1.29, 1.82) is 0 Å². The van der Waals surface area contributed by atoms with Crippen molar-refractivity contribution in [2.75, 3.05) is 13.2 Å². The fourth-order valence-corrected chi connectivity index (χ4v) is 2.81.